The molecule has 0 radical (unpaired) electrons. The molecule has 3 N–H and O–H groups in total. The first kappa shape index (κ1) is 28.3. The van der Waals surface area contributed by atoms with Gasteiger partial charge in [-0.3, -0.25) is 5.10 Å². The highest BCUT2D eigenvalue weighted by molar-refractivity contribution is 6.05. The molecule has 0 atom stereocenters. The van der Waals surface area contributed by atoms with Gasteiger partial charge in [-0.15, -0.1) is 0 Å². The number of carbonyl (C=O) groups excluding carboxylic acids is 2. The summed E-state index contributed by atoms with van der Waals surface area (Å²) in [4.78, 5) is 37.1. The van der Waals surface area contributed by atoms with Gasteiger partial charge < -0.3 is 25.0 Å². The van der Waals surface area contributed by atoms with Gasteiger partial charge in [-0.1, -0.05) is 19.9 Å². The minimum Gasteiger partial charge on any atom is -0.488 e. The molecule has 11 nitrogen and oxygen atoms in total. The van der Waals surface area contributed by atoms with E-state index in [0.717, 1.165) is 36.8 Å². The van der Waals surface area contributed by atoms with Crippen LogP contribution < -0.4 is 20.3 Å². The van der Waals surface area contributed by atoms with Crippen molar-refractivity contribution < 1.29 is 19.1 Å². The number of aromatic amines is 1. The highest BCUT2D eigenvalue weighted by Gasteiger charge is 2.26. The van der Waals surface area contributed by atoms with Crippen LogP contribution in [0.2, 0.25) is 0 Å². The molecular weight excluding hydrogens is 510 g/mol. The molecule has 4 aromatic rings. The Morgan fingerprint density at radius 3 is 2.35 bits per heavy atom. The van der Waals surface area contributed by atoms with Crippen LogP contribution >= 0.6 is 0 Å². The average molecular weight is 546 g/mol. The van der Waals surface area contributed by atoms with Crippen LogP contribution in [0.3, 0.4) is 0 Å². The standard InChI is InChI=1S/C29H35N7O4/c1-5-16-36(17-6-2)27-25(39-7-3)24(28(37)40-8-4)33-26(34-27)19-12-14-20(15-13-19)31-29(38)32-22-10-9-11-23-21(22)18-30-35-23/h9-15,18H,5-8,16-17H2,1-4H3,(H,30,35)(H2,31,32,38). The maximum absolute atomic E-state index is 12.9. The van der Waals surface area contributed by atoms with E-state index in [1.807, 2.05) is 25.1 Å². The normalized spacial score (nSPS) is 10.8. The van der Waals surface area contributed by atoms with Crippen molar-refractivity contribution in [3.8, 4) is 17.1 Å². The molecule has 11 heteroatoms. The maximum atomic E-state index is 12.9. The number of ether oxygens (including phenoxy) is 2. The molecule has 2 amide bonds. The lowest BCUT2D eigenvalue weighted by Gasteiger charge is -2.26. The molecule has 0 fully saturated rings. The Balaban J connectivity index is 1.63. The minimum atomic E-state index is -0.564. The van der Waals surface area contributed by atoms with Crippen LogP contribution in [-0.2, 0) is 4.74 Å². The van der Waals surface area contributed by atoms with Crippen molar-refractivity contribution in [1.29, 1.82) is 0 Å². The number of hydrogen-bond acceptors (Lipinski definition) is 8. The summed E-state index contributed by atoms with van der Waals surface area (Å²) in [6, 6.07) is 12.2. The maximum Gasteiger partial charge on any atom is 0.361 e. The van der Waals surface area contributed by atoms with Gasteiger partial charge in [-0.05, 0) is 63.1 Å². The third kappa shape index (κ3) is 6.48. The first-order chi connectivity index (χ1) is 19.5. The third-order valence-corrected chi connectivity index (χ3v) is 6.03. The summed E-state index contributed by atoms with van der Waals surface area (Å²) in [5.74, 6) is 0.690. The monoisotopic (exact) mass is 545 g/mol. The van der Waals surface area contributed by atoms with E-state index in [1.165, 1.54) is 0 Å². The second kappa shape index (κ2) is 13.4. The van der Waals surface area contributed by atoms with Gasteiger partial charge in [0.2, 0.25) is 0 Å². The van der Waals surface area contributed by atoms with Crippen LogP contribution in [0, 0.1) is 0 Å². The van der Waals surface area contributed by atoms with Crippen molar-refractivity contribution in [3.63, 3.8) is 0 Å². The number of nitrogens with one attached hydrogen (secondary N) is 3. The van der Waals surface area contributed by atoms with Gasteiger partial charge in [0.1, 0.15) is 0 Å². The fourth-order valence-corrected chi connectivity index (χ4v) is 4.33. The molecule has 0 aliphatic heterocycles. The van der Waals surface area contributed by atoms with Gasteiger partial charge in [0.05, 0.1) is 30.6 Å². The zero-order chi connectivity index (χ0) is 28.5. The molecule has 40 heavy (non-hydrogen) atoms. The number of nitrogens with zero attached hydrogens (tertiary/aromatic N) is 4. The summed E-state index contributed by atoms with van der Waals surface area (Å²) < 4.78 is 11.2. The lowest BCUT2D eigenvalue weighted by atomic mass is 10.1. The van der Waals surface area contributed by atoms with E-state index in [9.17, 15) is 9.59 Å². The number of carbonyl (C=O) groups is 2. The third-order valence-electron chi connectivity index (χ3n) is 6.03. The van der Waals surface area contributed by atoms with Gasteiger partial charge in [0.25, 0.3) is 0 Å². The first-order valence-corrected chi connectivity index (χ1v) is 13.6. The first-order valence-electron chi connectivity index (χ1n) is 13.6. The Kier molecular flexibility index (Phi) is 9.50. The van der Waals surface area contributed by atoms with Crippen molar-refractivity contribution in [2.75, 3.05) is 41.8 Å². The number of esters is 1. The van der Waals surface area contributed by atoms with E-state index in [0.29, 0.717) is 40.9 Å². The van der Waals surface area contributed by atoms with E-state index < -0.39 is 5.97 Å². The van der Waals surface area contributed by atoms with Crippen LogP contribution in [0.25, 0.3) is 22.3 Å². The minimum absolute atomic E-state index is 0.0934. The summed E-state index contributed by atoms with van der Waals surface area (Å²) in [6.07, 6.45) is 3.46. The largest absolute Gasteiger partial charge is 0.488 e. The fourth-order valence-electron chi connectivity index (χ4n) is 4.33. The van der Waals surface area contributed by atoms with E-state index in [-0.39, 0.29) is 18.3 Å². The number of aromatic nitrogens is 4. The van der Waals surface area contributed by atoms with Crippen molar-refractivity contribution in [1.82, 2.24) is 20.2 Å². The van der Waals surface area contributed by atoms with Gasteiger partial charge in [0, 0.05) is 29.7 Å². The number of amides is 2. The van der Waals surface area contributed by atoms with Crippen molar-refractivity contribution in [2.24, 2.45) is 0 Å². The summed E-state index contributed by atoms with van der Waals surface area (Å²) in [6.45, 7) is 9.85. The number of rotatable bonds is 12. The van der Waals surface area contributed by atoms with Gasteiger partial charge in [-0.25, -0.2) is 19.6 Å². The molecule has 2 aromatic heterocycles. The number of hydrogen-bond donors (Lipinski definition) is 3. The second-order valence-electron chi connectivity index (χ2n) is 8.98. The van der Waals surface area contributed by atoms with Crippen molar-refractivity contribution in [2.45, 2.75) is 40.5 Å². The van der Waals surface area contributed by atoms with E-state index in [1.54, 1.807) is 37.4 Å². The number of benzene rings is 2. The molecule has 2 heterocycles. The van der Waals surface area contributed by atoms with E-state index in [4.69, 9.17) is 14.5 Å². The summed E-state index contributed by atoms with van der Waals surface area (Å²) >= 11 is 0. The predicted molar refractivity (Wildman–Crippen MR) is 156 cm³/mol. The summed E-state index contributed by atoms with van der Waals surface area (Å²) in [7, 11) is 0. The fraction of sp³-hybridized carbons (Fsp3) is 0.345. The molecule has 210 valence electrons. The lowest BCUT2D eigenvalue weighted by molar-refractivity contribution is 0.0514. The zero-order valence-electron chi connectivity index (χ0n) is 23.3. The second-order valence-corrected chi connectivity index (χ2v) is 8.98. The molecule has 0 aliphatic rings. The van der Waals surface area contributed by atoms with Gasteiger partial charge in [0.15, 0.2) is 23.1 Å². The van der Waals surface area contributed by atoms with Crippen LogP contribution in [0.15, 0.2) is 48.7 Å². The van der Waals surface area contributed by atoms with Crippen LogP contribution in [0.5, 0.6) is 5.75 Å². The highest BCUT2D eigenvalue weighted by atomic mass is 16.5. The Hall–Kier alpha value is -4.67. The quantitative estimate of drug-likeness (QED) is 0.188. The van der Waals surface area contributed by atoms with Crippen molar-refractivity contribution in [3.05, 3.63) is 54.4 Å². The summed E-state index contributed by atoms with van der Waals surface area (Å²) in [5.41, 5.74) is 2.82. The molecular formula is C29H35N7O4. The Morgan fingerprint density at radius 2 is 1.68 bits per heavy atom. The van der Waals surface area contributed by atoms with Gasteiger partial charge in [-0.2, -0.15) is 5.10 Å². The Morgan fingerprint density at radius 1 is 0.925 bits per heavy atom. The molecule has 0 saturated heterocycles. The van der Waals surface area contributed by atoms with Crippen LogP contribution in [0.4, 0.5) is 22.0 Å². The molecule has 0 spiro atoms. The topological polar surface area (TPSA) is 134 Å². The number of fused-ring (bicyclic) bond motifs is 1. The molecule has 0 unspecified atom stereocenters. The molecule has 0 bridgehead atoms. The number of urea groups is 1. The Labute approximate surface area is 233 Å². The number of H-pyrrole nitrogens is 1. The van der Waals surface area contributed by atoms with E-state index in [2.05, 4.69) is 44.6 Å². The zero-order valence-corrected chi connectivity index (χ0v) is 23.3. The van der Waals surface area contributed by atoms with Crippen LogP contribution in [0.1, 0.15) is 51.0 Å². The lowest BCUT2D eigenvalue weighted by Crippen LogP contribution is -2.28. The van der Waals surface area contributed by atoms with E-state index >= 15 is 0 Å². The summed E-state index contributed by atoms with van der Waals surface area (Å²) in [5, 5.41) is 13.4. The van der Waals surface area contributed by atoms with Gasteiger partial charge >= 0.3 is 12.0 Å². The van der Waals surface area contributed by atoms with Crippen LogP contribution in [-0.4, -0.2) is 58.5 Å². The highest BCUT2D eigenvalue weighted by Crippen LogP contribution is 2.33. The smallest absolute Gasteiger partial charge is 0.361 e. The molecule has 0 saturated carbocycles. The molecule has 0 aliphatic carbocycles. The SMILES string of the molecule is CCCN(CCC)c1nc(-c2ccc(NC(=O)Nc3cccc4[nH]ncc34)cc2)nc(C(=O)OCC)c1OCC. The van der Waals surface area contributed by atoms with Crippen molar-refractivity contribution >= 4 is 40.1 Å². The average Bonchev–Trinajstić information content (AvgIpc) is 3.44. The predicted octanol–water partition coefficient (Wildman–Crippen LogP) is 5.87. The molecule has 2 aromatic carbocycles. The molecule has 4 rings (SSSR count). The number of anilines is 3. The Bertz CT molecular complexity index is 1450.